The van der Waals surface area contributed by atoms with Crippen molar-refractivity contribution in [3.05, 3.63) is 39.6 Å². The molecule has 3 N–H and O–H groups in total. The number of thiophene rings is 1. The maximum atomic E-state index is 12.2. The van der Waals surface area contributed by atoms with Crippen LogP contribution >= 0.6 is 23.7 Å². The lowest BCUT2D eigenvalue weighted by atomic mass is 10.1. The number of carbonyl (C=O) groups excluding carboxylic acids is 2. The maximum absolute atomic E-state index is 12.2. The van der Waals surface area contributed by atoms with Crippen molar-refractivity contribution >= 4 is 46.8 Å². The molecule has 0 spiro atoms. The Morgan fingerprint density at radius 2 is 1.92 bits per heavy atom. The number of methoxy groups -OCH3 is 1. The summed E-state index contributed by atoms with van der Waals surface area (Å²) in [5, 5.41) is 2.74. The van der Waals surface area contributed by atoms with Crippen molar-refractivity contribution in [2.75, 3.05) is 18.2 Å². The standard InChI is InChI=1S/C17H20N2O3S.ClH/c1-10-8-13(11(2)23-10)15(20)5-7-17(21)19-12-4-6-16(22-3)14(18)9-12;/h4,6,8-9H,5,7,18H2,1-3H3,(H,19,21);1H. The number of carbonyl (C=O) groups is 2. The fourth-order valence-electron chi connectivity index (χ4n) is 2.30. The smallest absolute Gasteiger partial charge is 0.224 e. The van der Waals surface area contributed by atoms with Crippen molar-refractivity contribution in [1.82, 2.24) is 0 Å². The van der Waals surface area contributed by atoms with Gasteiger partial charge < -0.3 is 15.8 Å². The summed E-state index contributed by atoms with van der Waals surface area (Å²) in [6.07, 6.45) is 0.327. The van der Waals surface area contributed by atoms with Gasteiger partial charge in [0.05, 0.1) is 12.8 Å². The molecule has 0 saturated carbocycles. The van der Waals surface area contributed by atoms with E-state index in [-0.39, 0.29) is 36.9 Å². The highest BCUT2D eigenvalue weighted by Gasteiger charge is 2.14. The Bertz CT molecular complexity index is 743. The zero-order chi connectivity index (χ0) is 17.0. The van der Waals surface area contributed by atoms with Gasteiger partial charge in [0.15, 0.2) is 5.78 Å². The summed E-state index contributed by atoms with van der Waals surface area (Å²) in [6, 6.07) is 6.91. The summed E-state index contributed by atoms with van der Waals surface area (Å²) in [5.74, 6) is 0.338. The van der Waals surface area contributed by atoms with E-state index in [1.54, 1.807) is 29.5 Å². The average molecular weight is 369 g/mol. The Hall–Kier alpha value is -2.05. The summed E-state index contributed by atoms with van der Waals surface area (Å²) in [6.45, 7) is 3.89. The number of anilines is 2. The molecule has 2 aromatic rings. The molecule has 7 heteroatoms. The third-order valence-electron chi connectivity index (χ3n) is 3.43. The third kappa shape index (κ3) is 4.97. The highest BCUT2D eigenvalue weighted by Crippen LogP contribution is 2.25. The topological polar surface area (TPSA) is 81.4 Å². The van der Waals surface area contributed by atoms with Gasteiger partial charge in [-0.1, -0.05) is 0 Å². The molecule has 0 unspecified atom stereocenters. The number of hydrogen-bond donors (Lipinski definition) is 2. The molecule has 1 aromatic carbocycles. The summed E-state index contributed by atoms with van der Waals surface area (Å²) in [7, 11) is 1.53. The Morgan fingerprint density at radius 1 is 1.21 bits per heavy atom. The summed E-state index contributed by atoms with van der Waals surface area (Å²) >= 11 is 1.59. The molecule has 5 nitrogen and oxygen atoms in total. The number of ether oxygens (including phenoxy) is 1. The van der Waals surface area contributed by atoms with Gasteiger partial charge >= 0.3 is 0 Å². The van der Waals surface area contributed by atoms with Gasteiger partial charge in [-0.2, -0.15) is 0 Å². The lowest BCUT2D eigenvalue weighted by Crippen LogP contribution is -2.13. The van der Waals surface area contributed by atoms with E-state index in [4.69, 9.17) is 10.5 Å². The number of ketones is 1. The van der Waals surface area contributed by atoms with Gasteiger partial charge in [0.1, 0.15) is 5.75 Å². The first-order chi connectivity index (χ1) is 10.9. The van der Waals surface area contributed by atoms with E-state index in [0.29, 0.717) is 22.7 Å². The molecule has 0 fully saturated rings. The first-order valence-electron chi connectivity index (χ1n) is 7.24. The zero-order valence-corrected chi connectivity index (χ0v) is 15.5. The third-order valence-corrected chi connectivity index (χ3v) is 4.40. The van der Waals surface area contributed by atoms with Gasteiger partial charge in [-0.05, 0) is 38.1 Å². The van der Waals surface area contributed by atoms with Crippen molar-refractivity contribution in [1.29, 1.82) is 0 Å². The summed E-state index contributed by atoms with van der Waals surface area (Å²) < 4.78 is 5.06. The number of rotatable bonds is 6. The van der Waals surface area contributed by atoms with Crippen LogP contribution in [0, 0.1) is 13.8 Å². The number of nitrogens with two attached hydrogens (primary N) is 1. The Labute approximate surface area is 151 Å². The highest BCUT2D eigenvalue weighted by molar-refractivity contribution is 7.12. The van der Waals surface area contributed by atoms with E-state index < -0.39 is 0 Å². The molecule has 0 aliphatic carbocycles. The molecule has 0 bridgehead atoms. The van der Waals surface area contributed by atoms with Gasteiger partial charge in [-0.25, -0.2) is 0 Å². The normalized spacial score (nSPS) is 9.96. The van der Waals surface area contributed by atoms with E-state index in [9.17, 15) is 9.59 Å². The van der Waals surface area contributed by atoms with Crippen LogP contribution in [-0.4, -0.2) is 18.8 Å². The lowest BCUT2D eigenvalue weighted by Gasteiger charge is -2.08. The molecule has 0 saturated heterocycles. The van der Waals surface area contributed by atoms with Crippen LogP contribution in [0.3, 0.4) is 0 Å². The Kier molecular flexibility index (Phi) is 7.25. The first-order valence-corrected chi connectivity index (χ1v) is 8.06. The minimum absolute atomic E-state index is 0. The fraction of sp³-hybridized carbons (Fsp3) is 0.294. The second-order valence-electron chi connectivity index (χ2n) is 5.25. The highest BCUT2D eigenvalue weighted by atomic mass is 35.5. The minimum atomic E-state index is -0.215. The second-order valence-corrected chi connectivity index (χ2v) is 6.72. The van der Waals surface area contributed by atoms with Crippen LogP contribution < -0.4 is 15.8 Å². The molecule has 0 radical (unpaired) electrons. The molecule has 1 aromatic heterocycles. The van der Waals surface area contributed by atoms with Crippen LogP contribution in [0.4, 0.5) is 11.4 Å². The predicted octanol–water partition coefficient (Wildman–Crippen LogP) is 3.98. The van der Waals surface area contributed by atoms with Gasteiger partial charge in [0.2, 0.25) is 5.91 Å². The molecule has 1 amide bonds. The SMILES string of the molecule is COc1ccc(NC(=O)CCC(=O)c2cc(C)sc2C)cc1N.Cl. The number of amides is 1. The average Bonchev–Trinajstić information content (AvgIpc) is 2.84. The largest absolute Gasteiger partial charge is 0.495 e. The van der Waals surface area contributed by atoms with Crippen molar-refractivity contribution in [2.24, 2.45) is 0 Å². The van der Waals surface area contributed by atoms with Crippen molar-refractivity contribution in [3.8, 4) is 5.75 Å². The van der Waals surface area contributed by atoms with E-state index in [1.165, 1.54) is 7.11 Å². The monoisotopic (exact) mass is 368 g/mol. The Morgan fingerprint density at radius 3 is 2.46 bits per heavy atom. The summed E-state index contributed by atoms with van der Waals surface area (Å²) in [4.78, 5) is 26.2. The Balaban J connectivity index is 0.00000288. The molecule has 1 heterocycles. The first kappa shape index (κ1) is 20.0. The number of Topliss-reactive ketones (excluding diaryl/α,β-unsaturated/α-hetero) is 1. The van der Waals surface area contributed by atoms with Gasteiger partial charge in [0.25, 0.3) is 0 Å². The molecule has 0 aliphatic rings. The number of halogens is 1. The van der Waals surface area contributed by atoms with Crippen molar-refractivity contribution in [3.63, 3.8) is 0 Å². The molecule has 130 valence electrons. The fourth-order valence-corrected chi connectivity index (χ4v) is 3.25. The van der Waals surface area contributed by atoms with Gasteiger partial charge in [-0.15, -0.1) is 23.7 Å². The lowest BCUT2D eigenvalue weighted by molar-refractivity contribution is -0.116. The molecular formula is C17H21ClN2O3S. The van der Waals surface area contributed by atoms with Gasteiger partial charge in [0, 0.05) is 33.8 Å². The number of benzene rings is 1. The van der Waals surface area contributed by atoms with Crippen LogP contribution in [0.15, 0.2) is 24.3 Å². The molecule has 0 aliphatic heterocycles. The number of nitrogen functional groups attached to an aromatic ring is 1. The van der Waals surface area contributed by atoms with Crippen LogP contribution in [0.2, 0.25) is 0 Å². The van der Waals surface area contributed by atoms with Crippen LogP contribution in [0.5, 0.6) is 5.75 Å². The quantitative estimate of drug-likeness (QED) is 0.596. The second kappa shape index (κ2) is 8.70. The molecular weight excluding hydrogens is 348 g/mol. The molecule has 24 heavy (non-hydrogen) atoms. The zero-order valence-electron chi connectivity index (χ0n) is 13.8. The van der Waals surface area contributed by atoms with Crippen LogP contribution in [0.1, 0.15) is 33.0 Å². The van der Waals surface area contributed by atoms with Crippen LogP contribution in [-0.2, 0) is 4.79 Å². The number of aryl methyl sites for hydroxylation is 2. The molecule has 0 atom stereocenters. The molecule has 2 rings (SSSR count). The van der Waals surface area contributed by atoms with E-state index in [1.807, 2.05) is 19.9 Å². The number of nitrogens with one attached hydrogen (secondary N) is 1. The van der Waals surface area contributed by atoms with Crippen LogP contribution in [0.25, 0.3) is 0 Å². The van der Waals surface area contributed by atoms with E-state index in [2.05, 4.69) is 5.32 Å². The number of hydrogen-bond acceptors (Lipinski definition) is 5. The van der Waals surface area contributed by atoms with Crippen molar-refractivity contribution in [2.45, 2.75) is 26.7 Å². The van der Waals surface area contributed by atoms with Gasteiger partial charge in [-0.3, -0.25) is 9.59 Å². The summed E-state index contributed by atoms with van der Waals surface area (Å²) in [5.41, 5.74) is 7.55. The maximum Gasteiger partial charge on any atom is 0.224 e. The minimum Gasteiger partial charge on any atom is -0.495 e. The predicted molar refractivity (Wildman–Crippen MR) is 101 cm³/mol. The van der Waals surface area contributed by atoms with Crippen molar-refractivity contribution < 1.29 is 14.3 Å². The van der Waals surface area contributed by atoms with E-state index in [0.717, 1.165) is 9.75 Å². The van der Waals surface area contributed by atoms with E-state index >= 15 is 0 Å².